The summed E-state index contributed by atoms with van der Waals surface area (Å²) in [5.74, 6) is -0.848. The Bertz CT molecular complexity index is 1210. The second-order valence-corrected chi connectivity index (χ2v) is 25.6. The topological polar surface area (TPSA) is 149 Å². The second-order valence-electron chi connectivity index (χ2n) is 23.4. The van der Waals surface area contributed by atoms with Crippen LogP contribution in [0.15, 0.2) is 0 Å². The predicted octanol–water partition coefficient (Wildman–Crippen LogP) is 22.1. The van der Waals surface area contributed by atoms with Crippen LogP contribution in [-0.2, 0) is 19.2 Å². The molecular weight excluding hydrogens is 985 g/mol. The summed E-state index contributed by atoms with van der Waals surface area (Å²) in [7, 11) is 0. The first-order valence-corrected chi connectivity index (χ1v) is 35.3. The first-order chi connectivity index (χ1) is 37.0. The third-order valence-corrected chi connectivity index (χ3v) is 18.6. The molecule has 0 fully saturated rings. The molecular formula is C66H128O8S2. The van der Waals surface area contributed by atoms with Crippen LogP contribution in [0.1, 0.15) is 362 Å². The molecule has 0 aliphatic heterocycles. The molecule has 0 radical (unpaired) electrons. The highest BCUT2D eigenvalue weighted by molar-refractivity contribution is 7.99. The maximum absolute atomic E-state index is 12.5. The van der Waals surface area contributed by atoms with Gasteiger partial charge in [0.25, 0.3) is 0 Å². The summed E-state index contributed by atoms with van der Waals surface area (Å²) in [4.78, 5) is 46.8. The average Bonchev–Trinajstić information content (AvgIpc) is 3.39. The van der Waals surface area contributed by atoms with Crippen LogP contribution in [0.5, 0.6) is 0 Å². The number of thioether (sulfide) groups is 2. The van der Waals surface area contributed by atoms with Gasteiger partial charge in [-0.3, -0.25) is 19.2 Å². The summed E-state index contributed by atoms with van der Waals surface area (Å²) in [6, 6.07) is 0. The van der Waals surface area contributed by atoms with E-state index in [9.17, 15) is 29.4 Å². The summed E-state index contributed by atoms with van der Waals surface area (Å²) >= 11 is 3.04. The lowest BCUT2D eigenvalue weighted by atomic mass is 9.79. The van der Waals surface area contributed by atoms with Crippen LogP contribution >= 0.6 is 23.5 Å². The van der Waals surface area contributed by atoms with E-state index in [-0.39, 0.29) is 12.8 Å². The Morgan fingerprint density at radius 2 is 0.421 bits per heavy atom. The van der Waals surface area contributed by atoms with Gasteiger partial charge in [-0.15, -0.1) is 0 Å². The first-order valence-electron chi connectivity index (χ1n) is 33.0. The largest absolute Gasteiger partial charge is 0.481 e. The van der Waals surface area contributed by atoms with Crippen molar-refractivity contribution in [2.45, 2.75) is 362 Å². The molecule has 0 atom stereocenters. The molecule has 0 heterocycles. The molecule has 0 aromatic carbocycles. The summed E-state index contributed by atoms with van der Waals surface area (Å²) in [6.07, 6.45) is 61.8. The predicted molar refractivity (Wildman–Crippen MR) is 333 cm³/mol. The Labute approximate surface area is 480 Å². The minimum absolute atomic E-state index is 0.108. The van der Waals surface area contributed by atoms with E-state index in [1.165, 1.54) is 268 Å². The maximum Gasteiger partial charge on any atom is 0.310 e. The number of unbranched alkanes of at least 4 members (excludes halogenated alkanes) is 42. The summed E-state index contributed by atoms with van der Waals surface area (Å²) in [5.41, 5.74) is -1.39. The van der Waals surface area contributed by atoms with Crippen LogP contribution in [0.25, 0.3) is 0 Å². The lowest BCUT2D eigenvalue weighted by molar-refractivity contribution is -0.149. The Morgan fingerprint density at radius 3 is 0.566 bits per heavy atom. The summed E-state index contributed by atoms with van der Waals surface area (Å²) in [6.45, 7) is 9.04. The Hall–Kier alpha value is -1.42. The molecule has 4 N–H and O–H groups in total. The van der Waals surface area contributed by atoms with Crippen LogP contribution in [-0.4, -0.2) is 67.3 Å². The van der Waals surface area contributed by atoms with E-state index in [4.69, 9.17) is 10.2 Å². The van der Waals surface area contributed by atoms with Crippen molar-refractivity contribution in [3.8, 4) is 0 Å². The fourth-order valence-electron chi connectivity index (χ4n) is 10.8. The number of carbonyl (C=O) groups is 4. The van der Waals surface area contributed by atoms with Gasteiger partial charge in [0.15, 0.2) is 0 Å². The smallest absolute Gasteiger partial charge is 0.310 e. The van der Waals surface area contributed by atoms with Gasteiger partial charge in [0, 0.05) is 23.0 Å². The van der Waals surface area contributed by atoms with Gasteiger partial charge in [-0.1, -0.05) is 323 Å². The molecule has 0 aliphatic carbocycles. The van der Waals surface area contributed by atoms with Crippen LogP contribution in [0.2, 0.25) is 0 Å². The molecule has 0 bridgehead atoms. The molecule has 10 heteroatoms. The van der Waals surface area contributed by atoms with Gasteiger partial charge in [-0.25, -0.2) is 0 Å². The van der Waals surface area contributed by atoms with Crippen molar-refractivity contribution < 1.29 is 39.6 Å². The number of hydrogen-bond donors (Lipinski definition) is 4. The van der Waals surface area contributed by atoms with Gasteiger partial charge in [0.05, 0.1) is 23.7 Å². The van der Waals surface area contributed by atoms with E-state index in [1.807, 2.05) is 0 Å². The van der Waals surface area contributed by atoms with Crippen LogP contribution in [0, 0.1) is 10.8 Å². The van der Waals surface area contributed by atoms with Crippen molar-refractivity contribution in [2.75, 3.05) is 23.0 Å². The maximum atomic E-state index is 12.5. The quantitative estimate of drug-likeness (QED) is 0.0434. The van der Waals surface area contributed by atoms with Gasteiger partial charge >= 0.3 is 23.9 Å². The molecule has 452 valence electrons. The van der Waals surface area contributed by atoms with Crippen LogP contribution < -0.4 is 0 Å². The minimum Gasteiger partial charge on any atom is -0.481 e. The number of hydrogen-bond acceptors (Lipinski definition) is 6. The van der Waals surface area contributed by atoms with E-state index in [1.54, 1.807) is 0 Å². The number of carboxylic acid groups (broad SMARTS) is 4. The average molecular weight is 1110 g/mol. The van der Waals surface area contributed by atoms with Gasteiger partial charge in [0.1, 0.15) is 0 Å². The fraction of sp³-hybridized carbons (Fsp3) is 0.939. The molecule has 0 rings (SSSR count). The van der Waals surface area contributed by atoms with Crippen molar-refractivity contribution in [1.82, 2.24) is 0 Å². The molecule has 0 spiro atoms. The van der Waals surface area contributed by atoms with Crippen molar-refractivity contribution in [3.05, 3.63) is 0 Å². The van der Waals surface area contributed by atoms with Gasteiger partial charge in [-0.05, 0) is 25.7 Å². The monoisotopic (exact) mass is 1110 g/mol. The van der Waals surface area contributed by atoms with Crippen LogP contribution in [0.3, 0.4) is 0 Å². The highest BCUT2D eigenvalue weighted by Gasteiger charge is 2.38. The van der Waals surface area contributed by atoms with Crippen molar-refractivity contribution in [2.24, 2.45) is 10.8 Å². The second kappa shape index (κ2) is 59.7. The summed E-state index contributed by atoms with van der Waals surface area (Å²) < 4.78 is 0. The molecule has 0 aromatic rings. The molecule has 8 nitrogen and oxygen atoms in total. The highest BCUT2D eigenvalue weighted by Crippen LogP contribution is 2.38. The zero-order chi connectivity index (χ0) is 56.3. The van der Waals surface area contributed by atoms with Crippen LogP contribution in [0.4, 0.5) is 0 Å². The zero-order valence-electron chi connectivity index (χ0n) is 50.8. The van der Waals surface area contributed by atoms with Crippen molar-refractivity contribution in [3.63, 3.8) is 0 Å². The van der Waals surface area contributed by atoms with E-state index < -0.39 is 34.7 Å². The molecule has 76 heavy (non-hydrogen) atoms. The highest BCUT2D eigenvalue weighted by atomic mass is 32.2. The lowest BCUT2D eigenvalue weighted by Gasteiger charge is -2.29. The van der Waals surface area contributed by atoms with E-state index in [0.29, 0.717) is 23.0 Å². The molecule has 0 saturated carbocycles. The first kappa shape index (κ1) is 76.6. The standard InChI is InChI=1S/C34H66O4S.C32H62O4S/c1-3-5-7-9-11-13-15-17-19-21-23-25-28-34(33(37)38,31-39-30-27-32(35)36)29-26-24-22-20-18-16-14-12-10-8-6-4-2;1-3-5-7-9-11-13-15-17-19-21-23-26-32(31(35)36,29-37-28-25-30(33)34)27-24-22-20-18-16-14-12-10-8-6-4-2/h3-31H2,1-2H3,(H,35,36)(H,37,38);3-29H2,1-2H3,(H,33,34)(H,35,36). The number of carboxylic acids is 4. The van der Waals surface area contributed by atoms with Crippen molar-refractivity contribution >= 4 is 47.4 Å². The van der Waals surface area contributed by atoms with Gasteiger partial charge in [0.2, 0.25) is 0 Å². The van der Waals surface area contributed by atoms with Crippen molar-refractivity contribution in [1.29, 1.82) is 0 Å². The minimum atomic E-state index is -0.802. The van der Waals surface area contributed by atoms with E-state index in [2.05, 4.69) is 27.7 Å². The molecule has 0 aromatic heterocycles. The van der Waals surface area contributed by atoms with Gasteiger partial charge < -0.3 is 20.4 Å². The molecule has 0 aliphatic rings. The normalized spacial score (nSPS) is 11.7. The fourth-order valence-corrected chi connectivity index (χ4v) is 13.3. The van der Waals surface area contributed by atoms with E-state index in [0.717, 1.165) is 77.0 Å². The molecule has 0 saturated heterocycles. The Kier molecular flexibility index (Phi) is 60.2. The van der Waals surface area contributed by atoms with E-state index >= 15 is 0 Å². The third kappa shape index (κ3) is 52.0. The Morgan fingerprint density at radius 1 is 0.263 bits per heavy atom. The zero-order valence-corrected chi connectivity index (χ0v) is 52.5. The molecule has 0 unspecified atom stereocenters. The Balaban J connectivity index is 0. The SMILES string of the molecule is CCCCCCCCCCCCCC(CCCCCCCCCCCCC)(CSCCC(=O)O)C(=O)O.CCCCCCCCCCCCCCC(CCCCCCCCCCCCCC)(CSCCC(=O)O)C(=O)O. The number of aliphatic carboxylic acids is 4. The summed E-state index contributed by atoms with van der Waals surface area (Å²) in [5, 5.41) is 38.4. The third-order valence-electron chi connectivity index (χ3n) is 16.1. The molecule has 0 amide bonds. The van der Waals surface area contributed by atoms with Gasteiger partial charge in [-0.2, -0.15) is 23.5 Å². The number of rotatable bonds is 62. The lowest BCUT2D eigenvalue weighted by Crippen LogP contribution is -2.34.